The second-order valence-electron chi connectivity index (χ2n) is 8.85. The minimum absolute atomic E-state index is 0.270. The number of hydrogen-bond donors (Lipinski definition) is 0. The van der Waals surface area contributed by atoms with Crippen molar-refractivity contribution in [1.29, 1.82) is 0 Å². The first kappa shape index (κ1) is 21.8. The monoisotopic (exact) mass is 453 g/mol. The Bertz CT molecular complexity index is 1280. The third kappa shape index (κ3) is 3.83. The van der Waals surface area contributed by atoms with Gasteiger partial charge in [0, 0.05) is 38.6 Å². The third-order valence-electron chi connectivity index (χ3n) is 6.43. The van der Waals surface area contributed by atoms with Gasteiger partial charge in [-0.3, -0.25) is 9.59 Å². The number of piperazine rings is 1. The Morgan fingerprint density at radius 1 is 0.735 bits per heavy atom. The van der Waals surface area contributed by atoms with E-state index in [1.807, 2.05) is 62.1 Å². The minimum atomic E-state index is -0.273. The van der Waals surface area contributed by atoms with Gasteiger partial charge in [-0.25, -0.2) is 14.9 Å². The van der Waals surface area contributed by atoms with Crippen LogP contribution >= 0.6 is 0 Å². The third-order valence-corrected chi connectivity index (χ3v) is 6.43. The number of aromatic nitrogens is 2. The van der Waals surface area contributed by atoms with Crippen LogP contribution in [-0.2, 0) is 9.59 Å². The molecule has 0 bridgehead atoms. The van der Waals surface area contributed by atoms with Crippen LogP contribution in [0.4, 0.5) is 11.6 Å². The molecule has 0 radical (unpaired) electrons. The fourth-order valence-corrected chi connectivity index (χ4v) is 4.66. The van der Waals surface area contributed by atoms with E-state index in [9.17, 15) is 9.59 Å². The molecule has 3 aromatic rings. The van der Waals surface area contributed by atoms with Gasteiger partial charge in [-0.15, -0.1) is 0 Å². The van der Waals surface area contributed by atoms with Crippen LogP contribution < -0.4 is 9.80 Å². The van der Waals surface area contributed by atoms with Crippen molar-refractivity contribution in [2.45, 2.75) is 20.8 Å². The van der Waals surface area contributed by atoms with Gasteiger partial charge in [0.2, 0.25) is 5.95 Å². The molecule has 0 aliphatic carbocycles. The molecule has 34 heavy (non-hydrogen) atoms. The zero-order chi connectivity index (χ0) is 23.8. The van der Waals surface area contributed by atoms with E-state index in [4.69, 9.17) is 0 Å². The summed E-state index contributed by atoms with van der Waals surface area (Å²) in [6.45, 7) is 8.53. The highest BCUT2D eigenvalue weighted by molar-refractivity contribution is 6.45. The summed E-state index contributed by atoms with van der Waals surface area (Å²) in [4.78, 5) is 41.7. The summed E-state index contributed by atoms with van der Waals surface area (Å²) in [6, 6.07) is 15.3. The van der Waals surface area contributed by atoms with Gasteiger partial charge in [-0.2, -0.15) is 0 Å². The molecule has 5 rings (SSSR count). The van der Waals surface area contributed by atoms with Crippen LogP contribution in [0.1, 0.15) is 22.3 Å². The first-order valence-corrected chi connectivity index (χ1v) is 11.5. The van der Waals surface area contributed by atoms with Crippen molar-refractivity contribution in [3.63, 3.8) is 0 Å². The molecule has 0 saturated carbocycles. The fourth-order valence-electron chi connectivity index (χ4n) is 4.66. The van der Waals surface area contributed by atoms with Crippen molar-refractivity contribution in [3.05, 3.63) is 88.9 Å². The number of rotatable bonds is 4. The average molecular weight is 454 g/mol. The van der Waals surface area contributed by atoms with Crippen molar-refractivity contribution < 1.29 is 9.59 Å². The smallest absolute Gasteiger partial charge is 0.282 e. The quantitative estimate of drug-likeness (QED) is 0.563. The zero-order valence-corrected chi connectivity index (χ0v) is 19.7. The second-order valence-corrected chi connectivity index (χ2v) is 8.85. The molecule has 1 aromatic heterocycles. The van der Waals surface area contributed by atoms with E-state index in [1.54, 1.807) is 18.5 Å². The van der Waals surface area contributed by atoms with Crippen molar-refractivity contribution in [2.75, 3.05) is 36.0 Å². The van der Waals surface area contributed by atoms with Gasteiger partial charge in [0.1, 0.15) is 5.70 Å². The second kappa shape index (κ2) is 8.74. The molecule has 0 atom stereocenters. The predicted octanol–water partition coefficient (Wildman–Crippen LogP) is 3.51. The first-order valence-electron chi connectivity index (χ1n) is 11.5. The first-order chi connectivity index (χ1) is 16.4. The molecule has 2 aliphatic heterocycles. The molecule has 2 aliphatic rings. The maximum atomic E-state index is 13.8. The van der Waals surface area contributed by atoms with Crippen molar-refractivity contribution in [3.8, 4) is 0 Å². The van der Waals surface area contributed by atoms with Crippen molar-refractivity contribution in [2.24, 2.45) is 0 Å². The van der Waals surface area contributed by atoms with E-state index < -0.39 is 0 Å². The Morgan fingerprint density at radius 2 is 1.35 bits per heavy atom. The molecule has 0 N–H and O–H groups in total. The van der Waals surface area contributed by atoms with Crippen molar-refractivity contribution >= 4 is 29.0 Å². The van der Waals surface area contributed by atoms with Crippen LogP contribution in [0.25, 0.3) is 5.57 Å². The number of nitrogens with zero attached hydrogens (tertiary/aromatic N) is 5. The lowest BCUT2D eigenvalue weighted by Gasteiger charge is -2.36. The Labute approximate surface area is 199 Å². The molecule has 7 nitrogen and oxygen atoms in total. The number of hydrogen-bond acceptors (Lipinski definition) is 6. The van der Waals surface area contributed by atoms with Crippen LogP contribution in [0.5, 0.6) is 0 Å². The topological polar surface area (TPSA) is 69.6 Å². The zero-order valence-electron chi connectivity index (χ0n) is 19.7. The van der Waals surface area contributed by atoms with Gasteiger partial charge in [0.25, 0.3) is 11.8 Å². The lowest BCUT2D eigenvalue weighted by Crippen LogP contribution is -2.48. The minimum Gasteiger partial charge on any atom is -0.363 e. The van der Waals surface area contributed by atoms with Gasteiger partial charge in [-0.05, 0) is 50.1 Å². The van der Waals surface area contributed by atoms with Gasteiger partial charge < -0.3 is 9.80 Å². The van der Waals surface area contributed by atoms with E-state index in [-0.39, 0.29) is 11.8 Å². The lowest BCUT2D eigenvalue weighted by atomic mass is 9.97. The van der Waals surface area contributed by atoms with Gasteiger partial charge in [-0.1, -0.05) is 41.5 Å². The van der Waals surface area contributed by atoms with Gasteiger partial charge in [0.15, 0.2) is 0 Å². The normalized spacial score (nSPS) is 16.6. The number of benzene rings is 2. The number of anilines is 2. The van der Waals surface area contributed by atoms with Gasteiger partial charge in [0.05, 0.1) is 11.3 Å². The molecule has 1 fully saturated rings. The lowest BCUT2D eigenvalue weighted by molar-refractivity contribution is -0.120. The summed E-state index contributed by atoms with van der Waals surface area (Å²) in [5, 5.41) is 0. The number of aryl methyl sites for hydroxylation is 3. The Hall–Kier alpha value is -4.00. The van der Waals surface area contributed by atoms with Crippen LogP contribution in [0, 0.1) is 20.8 Å². The average Bonchev–Trinajstić information content (AvgIpc) is 3.10. The highest BCUT2D eigenvalue weighted by Crippen LogP contribution is 2.36. The van der Waals surface area contributed by atoms with Crippen LogP contribution in [0.15, 0.2) is 66.6 Å². The van der Waals surface area contributed by atoms with Crippen LogP contribution in [0.2, 0.25) is 0 Å². The van der Waals surface area contributed by atoms with E-state index in [1.165, 1.54) is 4.90 Å². The Morgan fingerprint density at radius 3 is 2.00 bits per heavy atom. The Kier molecular flexibility index (Phi) is 5.61. The molecule has 0 unspecified atom stereocenters. The summed E-state index contributed by atoms with van der Waals surface area (Å²) in [5.41, 5.74) is 5.53. The molecule has 2 aromatic carbocycles. The molecular weight excluding hydrogens is 426 g/mol. The summed E-state index contributed by atoms with van der Waals surface area (Å²) in [7, 11) is 0. The summed E-state index contributed by atoms with van der Waals surface area (Å²) >= 11 is 0. The molecule has 0 spiro atoms. The molecule has 3 heterocycles. The fraction of sp³-hybridized carbons (Fsp3) is 0.259. The predicted molar refractivity (Wildman–Crippen MR) is 132 cm³/mol. The van der Waals surface area contributed by atoms with E-state index in [0.717, 1.165) is 22.3 Å². The van der Waals surface area contributed by atoms with E-state index in [0.29, 0.717) is 49.1 Å². The maximum absolute atomic E-state index is 13.8. The number of carbonyl (C=O) groups excluding carboxylic acids is 2. The highest BCUT2D eigenvalue weighted by Gasteiger charge is 2.43. The molecule has 172 valence electrons. The number of imide groups is 1. The maximum Gasteiger partial charge on any atom is 0.282 e. The van der Waals surface area contributed by atoms with E-state index in [2.05, 4.69) is 20.9 Å². The molecule has 7 heteroatoms. The molecule has 2 amide bonds. The molecular formula is C27H27N5O2. The summed E-state index contributed by atoms with van der Waals surface area (Å²) in [6.07, 6.45) is 3.46. The number of amides is 2. The Balaban J connectivity index is 1.53. The van der Waals surface area contributed by atoms with Crippen molar-refractivity contribution in [1.82, 2.24) is 14.9 Å². The summed E-state index contributed by atoms with van der Waals surface area (Å²) < 4.78 is 0. The number of carbonyl (C=O) groups is 2. The highest BCUT2D eigenvalue weighted by atomic mass is 16.2. The van der Waals surface area contributed by atoms with Gasteiger partial charge >= 0.3 is 0 Å². The SMILES string of the molecule is Cc1ccc(N2C(=O)C(c3ccc(C)cc3C)=C(N3CCN(c4ncccn4)CC3)C2=O)cc1. The molecule has 1 saturated heterocycles. The largest absolute Gasteiger partial charge is 0.363 e. The van der Waals surface area contributed by atoms with Crippen LogP contribution in [0.3, 0.4) is 0 Å². The van der Waals surface area contributed by atoms with E-state index >= 15 is 0 Å². The standard InChI is InChI=1S/C27H27N5O2/c1-18-5-8-21(9-6-18)32-25(33)23(22-10-7-19(2)17-20(22)3)24(26(32)34)30-13-15-31(16-14-30)27-28-11-4-12-29-27/h4-12,17H,13-16H2,1-3H3. The summed E-state index contributed by atoms with van der Waals surface area (Å²) in [5.74, 6) is 0.138. The van der Waals surface area contributed by atoms with Crippen LogP contribution in [-0.4, -0.2) is 52.9 Å².